The van der Waals surface area contributed by atoms with Crippen molar-refractivity contribution >= 4 is 34.4 Å². The quantitative estimate of drug-likeness (QED) is 0.644. The van der Waals surface area contributed by atoms with Crippen LogP contribution in [0.2, 0.25) is 5.28 Å². The summed E-state index contributed by atoms with van der Waals surface area (Å²) in [4.78, 5) is 19.5. The fourth-order valence-electron chi connectivity index (χ4n) is 2.78. The highest BCUT2D eigenvalue weighted by molar-refractivity contribution is 6.28. The number of hydrogen-bond donors (Lipinski definition) is 2. The summed E-state index contributed by atoms with van der Waals surface area (Å²) in [7, 11) is 0. The van der Waals surface area contributed by atoms with E-state index < -0.39 is 17.8 Å². The van der Waals surface area contributed by atoms with Crippen LogP contribution in [0.5, 0.6) is 0 Å². The number of carbonyl (C=O) groups is 1. The molecule has 0 aromatic carbocycles. The number of halogens is 1. The van der Waals surface area contributed by atoms with Gasteiger partial charge in [-0.3, -0.25) is 0 Å². The van der Waals surface area contributed by atoms with Gasteiger partial charge in [-0.2, -0.15) is 4.98 Å². The van der Waals surface area contributed by atoms with Crippen LogP contribution in [0.1, 0.15) is 19.6 Å². The summed E-state index contributed by atoms with van der Waals surface area (Å²) in [5, 5.41) is 10.0. The number of carboxylic acid groups (broad SMARTS) is 1. The number of terminal acetylenes is 1. The predicted octanol–water partition coefficient (Wildman–Crippen LogP) is 1.68. The van der Waals surface area contributed by atoms with Gasteiger partial charge in [0.25, 0.3) is 0 Å². The van der Waals surface area contributed by atoms with Crippen molar-refractivity contribution < 1.29 is 14.6 Å². The Morgan fingerprint density at radius 2 is 2.41 bits per heavy atom. The average Bonchev–Trinajstić information content (AvgIpc) is 3.00. The van der Waals surface area contributed by atoms with Crippen molar-refractivity contribution in [2.45, 2.75) is 25.2 Å². The maximum atomic E-state index is 11.5. The third kappa shape index (κ3) is 1.92. The van der Waals surface area contributed by atoms with Gasteiger partial charge >= 0.3 is 5.97 Å². The Kier molecular flexibility index (Phi) is 3.24. The second kappa shape index (κ2) is 4.87. The lowest BCUT2D eigenvalue weighted by molar-refractivity contribution is -0.162. The van der Waals surface area contributed by atoms with Gasteiger partial charge in [0.15, 0.2) is 0 Å². The minimum Gasteiger partial charge on any atom is -0.478 e. The Hall–Kier alpha value is -2.30. The number of ether oxygens (including phenoxy) is 1. The maximum absolute atomic E-state index is 11.5. The van der Waals surface area contributed by atoms with Crippen LogP contribution in [-0.4, -0.2) is 31.2 Å². The molecule has 0 amide bonds. The molecule has 1 fully saturated rings. The highest BCUT2D eigenvalue weighted by Crippen LogP contribution is 2.42. The molecule has 3 heterocycles. The first-order valence-electron chi connectivity index (χ1n) is 6.57. The molecule has 7 nitrogen and oxygen atoms in total. The molecule has 0 unspecified atom stereocenters. The number of anilines is 1. The molecular weight excluding hydrogens is 308 g/mol. The third-order valence-corrected chi connectivity index (χ3v) is 4.16. The van der Waals surface area contributed by atoms with Crippen LogP contribution in [0, 0.1) is 18.3 Å². The van der Waals surface area contributed by atoms with Crippen LogP contribution >= 0.6 is 11.6 Å². The van der Waals surface area contributed by atoms with Crippen LogP contribution < -0.4 is 5.73 Å². The smallest absolute Gasteiger partial charge is 0.349 e. The number of aliphatic carboxylic acids is 1. The minimum atomic E-state index is -1.65. The summed E-state index contributed by atoms with van der Waals surface area (Å²) >= 11 is 5.84. The maximum Gasteiger partial charge on any atom is 0.349 e. The third-order valence-electron chi connectivity index (χ3n) is 3.99. The monoisotopic (exact) mass is 320 g/mol. The first-order chi connectivity index (χ1) is 10.4. The molecule has 0 spiro atoms. The second-order valence-electron chi connectivity index (χ2n) is 5.23. The van der Waals surface area contributed by atoms with E-state index in [9.17, 15) is 9.90 Å². The molecule has 0 aliphatic carbocycles. The van der Waals surface area contributed by atoms with Crippen molar-refractivity contribution in [3.05, 3.63) is 17.5 Å². The van der Waals surface area contributed by atoms with Crippen molar-refractivity contribution in [3.63, 3.8) is 0 Å². The van der Waals surface area contributed by atoms with Gasteiger partial charge in [-0.15, -0.1) is 6.42 Å². The molecule has 1 aliphatic heterocycles. The van der Waals surface area contributed by atoms with Gasteiger partial charge < -0.3 is 20.1 Å². The summed E-state index contributed by atoms with van der Waals surface area (Å²) in [6.07, 6.45) is 6.98. The molecule has 3 N–H and O–H groups in total. The lowest BCUT2D eigenvalue weighted by Crippen LogP contribution is -2.41. The number of nitrogens with zero attached hydrogens (tertiary/aromatic N) is 3. The van der Waals surface area contributed by atoms with Gasteiger partial charge in [0.1, 0.15) is 17.7 Å². The predicted molar refractivity (Wildman–Crippen MR) is 80.1 cm³/mol. The number of aromatic nitrogens is 3. The minimum absolute atomic E-state index is 0.0115. The molecule has 2 aromatic heterocycles. The summed E-state index contributed by atoms with van der Waals surface area (Å²) in [6.45, 7) is 1.75. The normalized spacial score (nSPS) is 27.9. The average molecular weight is 321 g/mol. The molecule has 0 bridgehead atoms. The molecule has 114 valence electrons. The van der Waals surface area contributed by atoms with Crippen molar-refractivity contribution in [1.82, 2.24) is 14.5 Å². The van der Waals surface area contributed by atoms with Crippen LogP contribution in [0.4, 0.5) is 5.82 Å². The number of carboxylic acids is 1. The lowest BCUT2D eigenvalue weighted by Gasteiger charge is -2.22. The zero-order valence-corrected chi connectivity index (χ0v) is 12.4. The molecule has 2 aromatic rings. The number of hydrogen-bond acceptors (Lipinski definition) is 5. The summed E-state index contributed by atoms with van der Waals surface area (Å²) in [6, 6.07) is 1.73. The summed E-state index contributed by atoms with van der Waals surface area (Å²) in [5.74, 6) is 0.995. The first-order valence-corrected chi connectivity index (χ1v) is 6.95. The summed E-state index contributed by atoms with van der Waals surface area (Å²) in [5.41, 5.74) is 4.64. The lowest BCUT2D eigenvalue weighted by atomic mass is 9.89. The zero-order valence-electron chi connectivity index (χ0n) is 11.7. The van der Waals surface area contributed by atoms with E-state index in [1.165, 1.54) is 0 Å². The van der Waals surface area contributed by atoms with Gasteiger partial charge in [0.2, 0.25) is 10.9 Å². The Labute approximate surface area is 131 Å². The van der Waals surface area contributed by atoms with Crippen LogP contribution in [0.25, 0.3) is 11.0 Å². The zero-order chi connectivity index (χ0) is 16.1. The van der Waals surface area contributed by atoms with Gasteiger partial charge in [0.05, 0.1) is 5.39 Å². The van der Waals surface area contributed by atoms with Gasteiger partial charge in [-0.1, -0.05) is 12.8 Å². The van der Waals surface area contributed by atoms with Crippen molar-refractivity contribution in [3.8, 4) is 12.3 Å². The standard InChI is InChI=1S/C14H13ClN4O3/c1-3-14(12(20)21)7(2)6-9(22-14)19-5-4-8-10(16)17-13(15)18-11(8)19/h1,4-5,7,9H,6H2,2H3,(H,20,21)(H2,16,17,18)/t7-,9+,14-/m0/s1. The molecular formula is C14H13ClN4O3. The van der Waals surface area contributed by atoms with Gasteiger partial charge in [0, 0.05) is 12.1 Å². The molecule has 22 heavy (non-hydrogen) atoms. The molecule has 3 rings (SSSR count). The summed E-state index contributed by atoms with van der Waals surface area (Å²) < 4.78 is 7.37. The van der Waals surface area contributed by atoms with Crippen LogP contribution in [-0.2, 0) is 9.53 Å². The number of nitrogens with two attached hydrogens (primary N) is 1. The highest BCUT2D eigenvalue weighted by Gasteiger charge is 2.52. The van der Waals surface area contributed by atoms with E-state index in [2.05, 4.69) is 15.9 Å². The SMILES string of the molecule is C#C[C@]1(C(=O)O)O[C@@H](n2ccc3c(N)nc(Cl)nc32)C[C@@H]1C. The fraction of sp³-hybridized carbons (Fsp3) is 0.357. The molecule has 1 aliphatic rings. The number of nitrogen functional groups attached to an aromatic ring is 1. The molecule has 1 saturated heterocycles. The molecule has 0 saturated carbocycles. The van der Waals surface area contributed by atoms with Crippen LogP contribution in [0.15, 0.2) is 12.3 Å². The molecule has 0 radical (unpaired) electrons. The Morgan fingerprint density at radius 3 is 3.00 bits per heavy atom. The van der Waals surface area contributed by atoms with E-state index in [1.54, 1.807) is 23.8 Å². The Balaban J connectivity index is 2.07. The van der Waals surface area contributed by atoms with E-state index >= 15 is 0 Å². The largest absolute Gasteiger partial charge is 0.478 e. The Morgan fingerprint density at radius 1 is 1.68 bits per heavy atom. The first kappa shape index (κ1) is 14.6. The van der Waals surface area contributed by atoms with E-state index in [0.717, 1.165) is 0 Å². The van der Waals surface area contributed by atoms with Gasteiger partial charge in [-0.25, -0.2) is 9.78 Å². The van der Waals surface area contributed by atoms with Crippen molar-refractivity contribution in [2.24, 2.45) is 5.92 Å². The van der Waals surface area contributed by atoms with Crippen LogP contribution in [0.3, 0.4) is 0 Å². The van der Waals surface area contributed by atoms with E-state index in [-0.39, 0.29) is 17.0 Å². The number of fused-ring (bicyclic) bond motifs is 1. The van der Waals surface area contributed by atoms with E-state index in [1.807, 2.05) is 0 Å². The van der Waals surface area contributed by atoms with E-state index in [4.69, 9.17) is 28.5 Å². The Bertz CT molecular complexity index is 812. The topological polar surface area (TPSA) is 103 Å². The van der Waals surface area contributed by atoms with Crippen molar-refractivity contribution in [1.29, 1.82) is 0 Å². The van der Waals surface area contributed by atoms with E-state index in [0.29, 0.717) is 17.5 Å². The van der Waals surface area contributed by atoms with Gasteiger partial charge in [-0.05, 0) is 24.1 Å². The van der Waals surface area contributed by atoms with Crippen molar-refractivity contribution in [2.75, 3.05) is 5.73 Å². The fourth-order valence-corrected chi connectivity index (χ4v) is 2.95. The molecule has 8 heteroatoms. The number of rotatable bonds is 2. The highest BCUT2D eigenvalue weighted by atomic mass is 35.5. The second-order valence-corrected chi connectivity index (χ2v) is 5.57. The molecule has 3 atom stereocenters.